The first-order valence-electron chi connectivity index (χ1n) is 11.7. The smallest absolute Gasteiger partial charge is 0.335 e. The second-order valence-corrected chi connectivity index (χ2v) is 10.2. The summed E-state index contributed by atoms with van der Waals surface area (Å²) < 4.78 is 29.9. The van der Waals surface area contributed by atoms with Crippen molar-refractivity contribution in [3.05, 3.63) is 59.9 Å². The number of carboxylic acids is 1. The van der Waals surface area contributed by atoms with Crippen LogP contribution < -0.4 is 10.5 Å². The van der Waals surface area contributed by atoms with Crippen LogP contribution in [0.2, 0.25) is 0 Å². The molecule has 4 N–H and O–H groups in total. The molecule has 184 valence electrons. The maximum Gasteiger partial charge on any atom is 0.335 e. The van der Waals surface area contributed by atoms with Crippen LogP contribution in [0, 0.1) is 0 Å². The number of para-hydroxylation sites is 1. The summed E-state index contributed by atoms with van der Waals surface area (Å²) in [7, 11) is -3.71. The Bertz CT molecular complexity index is 1460. The number of benzene rings is 2. The fourth-order valence-corrected chi connectivity index (χ4v) is 5.21. The van der Waals surface area contributed by atoms with Gasteiger partial charge in [0.25, 0.3) is 0 Å². The second-order valence-electron chi connectivity index (χ2n) is 8.43. The van der Waals surface area contributed by atoms with Crippen molar-refractivity contribution in [2.45, 2.75) is 50.5 Å². The number of hydrogen-bond acceptors (Lipinski definition) is 6. The first-order valence-corrected chi connectivity index (χ1v) is 13.2. The molecule has 0 saturated carbocycles. The van der Waals surface area contributed by atoms with Crippen molar-refractivity contribution in [3.8, 4) is 0 Å². The Labute approximate surface area is 204 Å². The minimum absolute atomic E-state index is 0.0405. The average molecular weight is 496 g/mol. The summed E-state index contributed by atoms with van der Waals surface area (Å²) in [6.07, 6.45) is 4.25. The van der Waals surface area contributed by atoms with Gasteiger partial charge in [-0.25, -0.2) is 27.9 Å². The van der Waals surface area contributed by atoms with Gasteiger partial charge >= 0.3 is 5.97 Å². The number of nitrogen functional groups attached to an aromatic ring is 1. The van der Waals surface area contributed by atoms with Crippen LogP contribution in [0.5, 0.6) is 0 Å². The number of fused-ring (bicyclic) bond motifs is 3. The highest BCUT2D eigenvalue weighted by Gasteiger charge is 2.17. The van der Waals surface area contributed by atoms with Crippen LogP contribution in [0.3, 0.4) is 0 Å². The first kappa shape index (κ1) is 24.6. The molecule has 0 amide bonds. The molecule has 10 heteroatoms. The standard InChI is InChI=1S/C25H29N5O4S/c1-2-3-10-21-29-22-23(19-8-4-5-9-20(19)28-24(22)26)30(21)16-7-6-15-27-35(33,34)18-13-11-17(12-14-18)25(31)32/h4-5,8-9,11-14,27H,2-3,6-7,10,15-16H2,1H3,(H2,26,28)(H,31,32). The molecule has 0 aliphatic rings. The largest absolute Gasteiger partial charge is 0.478 e. The van der Waals surface area contributed by atoms with E-state index in [2.05, 4.69) is 21.2 Å². The number of hydrogen-bond donors (Lipinski definition) is 3. The van der Waals surface area contributed by atoms with E-state index in [4.69, 9.17) is 15.8 Å². The zero-order valence-corrected chi connectivity index (χ0v) is 20.4. The van der Waals surface area contributed by atoms with E-state index in [-0.39, 0.29) is 17.0 Å². The third-order valence-corrected chi connectivity index (χ3v) is 7.43. The Morgan fingerprint density at radius 3 is 2.51 bits per heavy atom. The van der Waals surface area contributed by atoms with E-state index in [1.54, 1.807) is 0 Å². The number of nitrogens with two attached hydrogens (primary N) is 1. The van der Waals surface area contributed by atoms with Gasteiger partial charge in [0.05, 0.1) is 21.5 Å². The lowest BCUT2D eigenvalue weighted by atomic mass is 10.2. The molecule has 4 aromatic rings. The predicted octanol–water partition coefficient (Wildman–Crippen LogP) is 3.97. The third kappa shape index (κ3) is 5.28. The molecule has 0 atom stereocenters. The van der Waals surface area contributed by atoms with Gasteiger partial charge in [-0.3, -0.25) is 0 Å². The van der Waals surface area contributed by atoms with Gasteiger partial charge < -0.3 is 15.4 Å². The summed E-state index contributed by atoms with van der Waals surface area (Å²) in [5.41, 5.74) is 8.78. The lowest BCUT2D eigenvalue weighted by molar-refractivity contribution is 0.0696. The van der Waals surface area contributed by atoms with E-state index >= 15 is 0 Å². The normalized spacial score (nSPS) is 11.9. The Morgan fingerprint density at radius 2 is 1.80 bits per heavy atom. The van der Waals surface area contributed by atoms with Crippen molar-refractivity contribution < 1.29 is 18.3 Å². The number of unbranched alkanes of at least 4 members (excludes halogenated alkanes) is 2. The molecular weight excluding hydrogens is 466 g/mol. The van der Waals surface area contributed by atoms with E-state index in [1.807, 2.05) is 24.3 Å². The molecule has 0 radical (unpaired) electrons. The number of nitrogens with zero attached hydrogens (tertiary/aromatic N) is 3. The Hall–Kier alpha value is -3.50. The lowest BCUT2D eigenvalue weighted by Gasteiger charge is -2.11. The number of aryl methyl sites for hydroxylation is 2. The topological polar surface area (TPSA) is 140 Å². The van der Waals surface area contributed by atoms with Gasteiger partial charge in [0.2, 0.25) is 10.0 Å². The predicted molar refractivity (Wildman–Crippen MR) is 136 cm³/mol. The molecule has 0 spiro atoms. The number of rotatable bonds is 11. The molecule has 0 aliphatic carbocycles. The van der Waals surface area contributed by atoms with Crippen LogP contribution in [0.4, 0.5) is 5.82 Å². The Morgan fingerprint density at radius 1 is 1.06 bits per heavy atom. The van der Waals surface area contributed by atoms with E-state index < -0.39 is 16.0 Å². The monoisotopic (exact) mass is 495 g/mol. The summed E-state index contributed by atoms with van der Waals surface area (Å²) in [6, 6.07) is 13.0. The zero-order chi connectivity index (χ0) is 25.0. The van der Waals surface area contributed by atoms with E-state index in [9.17, 15) is 13.2 Å². The highest BCUT2D eigenvalue weighted by atomic mass is 32.2. The number of imidazole rings is 1. The minimum atomic E-state index is -3.71. The van der Waals surface area contributed by atoms with Gasteiger partial charge in [0, 0.05) is 24.9 Å². The van der Waals surface area contributed by atoms with Gasteiger partial charge in [-0.15, -0.1) is 0 Å². The van der Waals surface area contributed by atoms with Gasteiger partial charge in [-0.1, -0.05) is 31.5 Å². The number of nitrogens with one attached hydrogen (secondary N) is 1. The van der Waals surface area contributed by atoms with Crippen LogP contribution in [-0.2, 0) is 23.0 Å². The Balaban J connectivity index is 1.48. The summed E-state index contributed by atoms with van der Waals surface area (Å²) in [4.78, 5) is 20.3. The van der Waals surface area contributed by atoms with Crippen LogP contribution in [-0.4, -0.2) is 40.6 Å². The quantitative estimate of drug-likeness (QED) is 0.267. The molecule has 35 heavy (non-hydrogen) atoms. The molecule has 2 heterocycles. The number of aromatic nitrogens is 3. The fourth-order valence-electron chi connectivity index (χ4n) is 4.13. The van der Waals surface area contributed by atoms with E-state index in [1.165, 1.54) is 24.3 Å². The van der Waals surface area contributed by atoms with Crippen molar-refractivity contribution in [1.29, 1.82) is 0 Å². The first-order chi connectivity index (χ1) is 16.8. The highest BCUT2D eigenvalue weighted by molar-refractivity contribution is 7.89. The molecule has 4 rings (SSSR count). The Kier molecular flexibility index (Phi) is 7.32. The molecule has 2 aromatic carbocycles. The second kappa shape index (κ2) is 10.4. The van der Waals surface area contributed by atoms with E-state index in [0.717, 1.165) is 47.9 Å². The minimum Gasteiger partial charge on any atom is -0.478 e. The summed E-state index contributed by atoms with van der Waals surface area (Å²) in [5, 5.41) is 9.98. The zero-order valence-electron chi connectivity index (χ0n) is 19.6. The van der Waals surface area contributed by atoms with Crippen molar-refractivity contribution in [2.24, 2.45) is 0 Å². The number of carbonyl (C=O) groups is 1. The maximum absolute atomic E-state index is 12.5. The molecule has 0 unspecified atom stereocenters. The summed E-state index contributed by atoms with van der Waals surface area (Å²) in [6.45, 7) is 3.09. The number of aromatic carboxylic acids is 1. The van der Waals surface area contributed by atoms with Gasteiger partial charge in [0.1, 0.15) is 11.3 Å². The van der Waals surface area contributed by atoms with Crippen LogP contribution in [0.1, 0.15) is 48.8 Å². The molecular formula is C25H29N5O4S. The molecule has 2 aromatic heterocycles. The van der Waals surface area contributed by atoms with Gasteiger partial charge in [0.15, 0.2) is 5.82 Å². The van der Waals surface area contributed by atoms with Crippen molar-refractivity contribution in [2.75, 3.05) is 12.3 Å². The highest BCUT2D eigenvalue weighted by Crippen LogP contribution is 2.29. The van der Waals surface area contributed by atoms with Crippen LogP contribution in [0.25, 0.3) is 21.9 Å². The van der Waals surface area contributed by atoms with Crippen LogP contribution in [0.15, 0.2) is 53.4 Å². The number of pyridine rings is 1. The van der Waals surface area contributed by atoms with Crippen molar-refractivity contribution in [3.63, 3.8) is 0 Å². The molecule has 0 bridgehead atoms. The fraction of sp³-hybridized carbons (Fsp3) is 0.320. The summed E-state index contributed by atoms with van der Waals surface area (Å²) in [5.74, 6) is 0.278. The molecule has 0 aliphatic heterocycles. The molecule has 9 nitrogen and oxygen atoms in total. The maximum atomic E-state index is 12.5. The van der Waals surface area contributed by atoms with Crippen molar-refractivity contribution >= 4 is 43.7 Å². The third-order valence-electron chi connectivity index (χ3n) is 5.96. The van der Waals surface area contributed by atoms with Gasteiger partial charge in [-0.2, -0.15) is 0 Å². The average Bonchev–Trinajstić information content (AvgIpc) is 3.22. The van der Waals surface area contributed by atoms with Crippen molar-refractivity contribution in [1.82, 2.24) is 19.3 Å². The van der Waals surface area contributed by atoms with Crippen LogP contribution >= 0.6 is 0 Å². The number of carboxylic acid groups (broad SMARTS) is 1. The number of sulfonamides is 1. The SMILES string of the molecule is CCCCc1nc2c(N)nc3ccccc3c2n1CCCCNS(=O)(=O)c1ccc(C(=O)O)cc1. The number of anilines is 1. The van der Waals surface area contributed by atoms with Gasteiger partial charge in [-0.05, 0) is 49.6 Å². The molecule has 0 fully saturated rings. The lowest BCUT2D eigenvalue weighted by Crippen LogP contribution is -2.25. The summed E-state index contributed by atoms with van der Waals surface area (Å²) >= 11 is 0. The molecule has 0 saturated heterocycles. The van der Waals surface area contributed by atoms with E-state index in [0.29, 0.717) is 24.3 Å².